The van der Waals surface area contributed by atoms with Crippen LogP contribution in [0.3, 0.4) is 0 Å². The number of hydrogen-bond acceptors (Lipinski definition) is 4. The van der Waals surface area contributed by atoms with E-state index in [9.17, 15) is 4.79 Å². The van der Waals surface area contributed by atoms with Gasteiger partial charge in [0, 0.05) is 20.6 Å². The Balaban J connectivity index is 1.33. The number of fused-ring (bicyclic) bond motifs is 5. The Morgan fingerprint density at radius 1 is 1.00 bits per heavy atom. The van der Waals surface area contributed by atoms with Gasteiger partial charge in [-0.2, -0.15) is 0 Å². The minimum absolute atomic E-state index is 0.194. The molecule has 0 saturated heterocycles. The molecule has 7 aliphatic rings. The Kier molecular flexibility index (Phi) is 4.37. The van der Waals surface area contributed by atoms with E-state index in [1.54, 1.807) is 5.57 Å². The quantitative estimate of drug-likeness (QED) is 0.133. The summed E-state index contributed by atoms with van der Waals surface area (Å²) in [5.74, 6) is 2.54. The molecule has 2 spiro atoms. The SMILES string of the molecule is O=CCN1c2cc(Cl)ccc2C2(C=C3C4CC3CC2C4)C12C=Nc1ccc3cc4ccc(Br)cc4cc3c1O2. The van der Waals surface area contributed by atoms with Crippen LogP contribution in [0.25, 0.3) is 21.5 Å². The minimum Gasteiger partial charge on any atom is -0.458 e. The van der Waals surface area contributed by atoms with Crippen molar-refractivity contribution in [3.63, 3.8) is 0 Å². The first-order valence-electron chi connectivity index (χ1n) is 13.6. The largest absolute Gasteiger partial charge is 0.458 e. The fourth-order valence-corrected chi connectivity index (χ4v) is 9.11. The van der Waals surface area contributed by atoms with Gasteiger partial charge in [0.25, 0.3) is 0 Å². The summed E-state index contributed by atoms with van der Waals surface area (Å²) >= 11 is 10.2. The summed E-state index contributed by atoms with van der Waals surface area (Å²) in [6, 6.07) is 21.1. The lowest BCUT2D eigenvalue weighted by molar-refractivity contribution is -0.107. The van der Waals surface area contributed by atoms with E-state index in [0.29, 0.717) is 22.8 Å². The summed E-state index contributed by atoms with van der Waals surface area (Å²) in [4.78, 5) is 19.4. The lowest BCUT2D eigenvalue weighted by atomic mass is 9.44. The maximum atomic E-state index is 12.2. The number of hydrogen-bond donors (Lipinski definition) is 0. The lowest BCUT2D eigenvalue weighted by Crippen LogP contribution is -2.69. The molecular weight excluding hydrogens is 572 g/mol. The first-order chi connectivity index (χ1) is 19.0. The van der Waals surface area contributed by atoms with Gasteiger partial charge in [0.1, 0.15) is 12.0 Å². The molecule has 2 heterocycles. The lowest BCUT2D eigenvalue weighted by Gasteiger charge is -2.62. The van der Waals surface area contributed by atoms with Gasteiger partial charge in [-0.25, -0.2) is 0 Å². The third-order valence-electron chi connectivity index (χ3n) is 10.1. The topological polar surface area (TPSA) is 41.9 Å². The molecule has 5 aliphatic carbocycles. The monoisotopic (exact) mass is 594 g/mol. The second kappa shape index (κ2) is 7.52. The fourth-order valence-electron chi connectivity index (χ4n) is 8.57. The highest BCUT2D eigenvalue weighted by Crippen LogP contribution is 2.70. The van der Waals surface area contributed by atoms with Crippen LogP contribution in [0.2, 0.25) is 5.02 Å². The van der Waals surface area contributed by atoms with Crippen molar-refractivity contribution in [3.8, 4) is 5.75 Å². The molecule has 4 aromatic carbocycles. The molecular formula is C33H24BrClN2O2. The molecule has 2 aliphatic heterocycles. The van der Waals surface area contributed by atoms with E-state index in [4.69, 9.17) is 21.3 Å². The number of anilines is 1. The van der Waals surface area contributed by atoms with E-state index >= 15 is 0 Å². The summed E-state index contributed by atoms with van der Waals surface area (Å²) in [6.45, 7) is 0.194. The van der Waals surface area contributed by atoms with Crippen molar-refractivity contribution < 1.29 is 9.53 Å². The number of aliphatic imine (C=N–C) groups is 1. The van der Waals surface area contributed by atoms with Crippen LogP contribution in [0.4, 0.5) is 11.4 Å². The summed E-state index contributed by atoms with van der Waals surface area (Å²) < 4.78 is 8.41. The number of allylic oxidation sites excluding steroid dienone is 1. The van der Waals surface area contributed by atoms with Crippen LogP contribution in [0.5, 0.6) is 5.75 Å². The molecule has 4 unspecified atom stereocenters. The Hall–Kier alpha value is -3.15. The predicted octanol–water partition coefficient (Wildman–Crippen LogP) is 8.14. The molecule has 4 bridgehead atoms. The van der Waals surface area contributed by atoms with Crippen LogP contribution >= 0.6 is 27.5 Å². The normalized spacial score (nSPS) is 30.9. The predicted molar refractivity (Wildman–Crippen MR) is 160 cm³/mol. The number of nitrogens with zero attached hydrogens (tertiary/aromatic N) is 2. The molecule has 0 radical (unpaired) electrons. The van der Waals surface area contributed by atoms with E-state index in [2.05, 4.69) is 69.4 Å². The molecule has 4 aromatic rings. The average molecular weight is 596 g/mol. The molecule has 0 aromatic heterocycles. The average Bonchev–Trinajstić information content (AvgIpc) is 3.14. The second-order valence-corrected chi connectivity index (χ2v) is 13.1. The summed E-state index contributed by atoms with van der Waals surface area (Å²) in [6.07, 6.45) is 9.09. The van der Waals surface area contributed by atoms with Gasteiger partial charge in [-0.15, -0.1) is 0 Å². The van der Waals surface area contributed by atoms with Crippen LogP contribution in [0, 0.1) is 17.8 Å². The maximum Gasteiger partial charge on any atom is 0.233 e. The van der Waals surface area contributed by atoms with Crippen molar-refractivity contribution >= 4 is 73.0 Å². The van der Waals surface area contributed by atoms with Gasteiger partial charge in [-0.1, -0.05) is 57.4 Å². The molecule has 192 valence electrons. The summed E-state index contributed by atoms with van der Waals surface area (Å²) in [7, 11) is 0. The summed E-state index contributed by atoms with van der Waals surface area (Å²) in [5.41, 5.74) is 3.15. The second-order valence-electron chi connectivity index (χ2n) is 11.8. The number of rotatable bonds is 2. The van der Waals surface area contributed by atoms with E-state index in [0.717, 1.165) is 56.9 Å². The van der Waals surface area contributed by atoms with Crippen LogP contribution in [-0.2, 0) is 10.2 Å². The number of ether oxygens (including phenoxy) is 1. The van der Waals surface area contributed by atoms with Crippen molar-refractivity contribution in [2.24, 2.45) is 22.7 Å². The molecule has 3 fully saturated rings. The number of carbonyl (C=O) groups excluding carboxylic acids is 1. The van der Waals surface area contributed by atoms with Crippen molar-refractivity contribution in [1.29, 1.82) is 0 Å². The fraction of sp³-hybridized carbons (Fsp3) is 0.273. The zero-order valence-electron chi connectivity index (χ0n) is 21.0. The highest BCUT2D eigenvalue weighted by molar-refractivity contribution is 9.10. The van der Waals surface area contributed by atoms with Crippen molar-refractivity contribution in [3.05, 3.63) is 87.4 Å². The first kappa shape index (κ1) is 22.6. The third kappa shape index (κ3) is 2.71. The molecule has 6 heteroatoms. The molecule has 0 amide bonds. The van der Waals surface area contributed by atoms with Gasteiger partial charge < -0.3 is 14.4 Å². The molecule has 39 heavy (non-hydrogen) atoms. The standard InChI is InChI=1S/C33H24BrClN2O2/c34-24-3-1-18-9-19-2-6-29-31(26(19)14-20(18)13-24)39-33(17-36-29)32(16-27-21-10-22(27)12-23(32)11-21)28-5-4-25(35)15-30(28)37(33)7-8-38/h1-6,8-9,13-17,21-23H,7,10-12H2. The maximum absolute atomic E-state index is 12.2. The molecule has 4 nitrogen and oxygen atoms in total. The number of aldehydes is 1. The molecule has 4 atom stereocenters. The van der Waals surface area contributed by atoms with Crippen LogP contribution in [0.1, 0.15) is 24.8 Å². The van der Waals surface area contributed by atoms with E-state index in [1.165, 1.54) is 17.4 Å². The molecule has 0 N–H and O–H groups in total. The van der Waals surface area contributed by atoms with Gasteiger partial charge in [0.2, 0.25) is 5.72 Å². The van der Waals surface area contributed by atoms with Gasteiger partial charge in [-0.3, -0.25) is 4.99 Å². The van der Waals surface area contributed by atoms with Gasteiger partial charge in [0.15, 0.2) is 5.75 Å². The Morgan fingerprint density at radius 3 is 2.64 bits per heavy atom. The smallest absolute Gasteiger partial charge is 0.233 e. The molecule has 3 saturated carbocycles. The van der Waals surface area contributed by atoms with E-state index in [-0.39, 0.29) is 6.54 Å². The van der Waals surface area contributed by atoms with Crippen molar-refractivity contribution in [1.82, 2.24) is 0 Å². The minimum atomic E-state index is -0.961. The highest BCUT2D eigenvalue weighted by Gasteiger charge is 2.71. The van der Waals surface area contributed by atoms with Crippen LogP contribution < -0.4 is 9.64 Å². The van der Waals surface area contributed by atoms with Crippen LogP contribution in [0.15, 0.2) is 81.8 Å². The van der Waals surface area contributed by atoms with Crippen molar-refractivity contribution in [2.75, 3.05) is 11.4 Å². The third-order valence-corrected chi connectivity index (χ3v) is 10.9. The Labute approximate surface area is 239 Å². The highest BCUT2D eigenvalue weighted by atomic mass is 79.9. The Morgan fingerprint density at radius 2 is 1.85 bits per heavy atom. The number of carbonyl (C=O) groups is 1. The zero-order valence-corrected chi connectivity index (χ0v) is 23.4. The Bertz CT molecular complexity index is 1840. The number of halogens is 2. The van der Waals surface area contributed by atoms with Crippen molar-refractivity contribution in [2.45, 2.75) is 30.4 Å². The van der Waals surface area contributed by atoms with Crippen LogP contribution in [-0.4, -0.2) is 24.8 Å². The molecule has 11 rings (SSSR count). The first-order valence-corrected chi connectivity index (χ1v) is 14.8. The summed E-state index contributed by atoms with van der Waals surface area (Å²) in [5, 5.41) is 5.10. The van der Waals surface area contributed by atoms with E-state index < -0.39 is 11.1 Å². The van der Waals surface area contributed by atoms with Gasteiger partial charge >= 0.3 is 0 Å². The number of benzene rings is 4. The van der Waals surface area contributed by atoms with Gasteiger partial charge in [0.05, 0.1) is 18.2 Å². The van der Waals surface area contributed by atoms with Gasteiger partial charge in [-0.05, 0) is 101 Å². The van der Waals surface area contributed by atoms with E-state index in [1.807, 2.05) is 24.4 Å². The zero-order chi connectivity index (χ0) is 26.1.